The molecule has 6 heteroatoms. The van der Waals surface area contributed by atoms with E-state index < -0.39 is 10.0 Å². The summed E-state index contributed by atoms with van der Waals surface area (Å²) < 4.78 is 32.5. The van der Waals surface area contributed by atoms with Gasteiger partial charge in [-0.3, -0.25) is 0 Å². The molecule has 1 aliphatic rings. The number of piperidine rings is 1. The summed E-state index contributed by atoms with van der Waals surface area (Å²) in [4.78, 5) is 0.343. The third-order valence-electron chi connectivity index (χ3n) is 3.90. The van der Waals surface area contributed by atoms with Gasteiger partial charge >= 0.3 is 0 Å². The standard InChI is InChI=1S/C16H26N2O3S/c1-13(2)21-15-4-6-16(7-5-15)22(19,20)18-10-8-14(9-11-18)12-17-3/h4-7,13-14,17H,8-12H2,1-3H3. The van der Waals surface area contributed by atoms with Crippen molar-refractivity contribution in [3.8, 4) is 5.75 Å². The topological polar surface area (TPSA) is 58.6 Å². The molecule has 0 aromatic heterocycles. The molecule has 1 saturated heterocycles. The van der Waals surface area contributed by atoms with Crippen LogP contribution in [0.2, 0.25) is 0 Å². The number of sulfonamides is 1. The van der Waals surface area contributed by atoms with E-state index in [1.165, 1.54) is 0 Å². The van der Waals surface area contributed by atoms with Crippen LogP contribution in [-0.4, -0.2) is 45.5 Å². The van der Waals surface area contributed by atoms with Gasteiger partial charge in [-0.05, 0) is 70.5 Å². The monoisotopic (exact) mass is 326 g/mol. The second-order valence-electron chi connectivity index (χ2n) is 6.04. The number of ether oxygens (including phenoxy) is 1. The van der Waals surface area contributed by atoms with Crippen LogP contribution in [0.15, 0.2) is 29.2 Å². The van der Waals surface area contributed by atoms with Crippen LogP contribution in [0.1, 0.15) is 26.7 Å². The van der Waals surface area contributed by atoms with Crippen molar-refractivity contribution in [2.75, 3.05) is 26.7 Å². The first kappa shape index (κ1) is 17.2. The van der Waals surface area contributed by atoms with Crippen molar-refractivity contribution >= 4 is 10.0 Å². The summed E-state index contributed by atoms with van der Waals surface area (Å²) >= 11 is 0. The van der Waals surface area contributed by atoms with E-state index in [0.29, 0.717) is 29.7 Å². The van der Waals surface area contributed by atoms with Crippen LogP contribution in [0.25, 0.3) is 0 Å². The average Bonchev–Trinajstić information content (AvgIpc) is 2.48. The number of hydrogen-bond donors (Lipinski definition) is 1. The lowest BCUT2D eigenvalue weighted by molar-refractivity contribution is 0.242. The highest BCUT2D eigenvalue weighted by molar-refractivity contribution is 7.89. The molecule has 1 fully saturated rings. The third-order valence-corrected chi connectivity index (χ3v) is 5.81. The smallest absolute Gasteiger partial charge is 0.243 e. The van der Waals surface area contributed by atoms with Crippen molar-refractivity contribution in [3.63, 3.8) is 0 Å². The van der Waals surface area contributed by atoms with Crippen molar-refractivity contribution in [3.05, 3.63) is 24.3 Å². The Hall–Kier alpha value is -1.11. The average molecular weight is 326 g/mol. The molecular weight excluding hydrogens is 300 g/mol. The molecule has 1 heterocycles. The maximum Gasteiger partial charge on any atom is 0.243 e. The van der Waals surface area contributed by atoms with Crippen molar-refractivity contribution in [2.24, 2.45) is 5.92 Å². The molecule has 0 amide bonds. The molecule has 124 valence electrons. The van der Waals surface area contributed by atoms with Crippen molar-refractivity contribution in [1.82, 2.24) is 9.62 Å². The van der Waals surface area contributed by atoms with Gasteiger partial charge in [-0.1, -0.05) is 0 Å². The van der Waals surface area contributed by atoms with Crippen LogP contribution < -0.4 is 10.1 Å². The summed E-state index contributed by atoms with van der Waals surface area (Å²) in [5.74, 6) is 1.26. The lowest BCUT2D eigenvalue weighted by atomic mass is 9.98. The maximum atomic E-state index is 12.7. The Bertz CT molecular complexity index is 562. The van der Waals surface area contributed by atoms with E-state index in [4.69, 9.17) is 4.74 Å². The normalized spacial score (nSPS) is 17.8. The number of rotatable bonds is 6. The maximum absolute atomic E-state index is 12.7. The molecule has 1 aromatic rings. The molecule has 0 spiro atoms. The van der Waals surface area contributed by atoms with E-state index in [9.17, 15) is 8.42 Å². The van der Waals surface area contributed by atoms with E-state index in [-0.39, 0.29) is 6.10 Å². The Labute approximate surface area is 133 Å². The molecule has 0 unspecified atom stereocenters. The first-order valence-electron chi connectivity index (χ1n) is 7.85. The van der Waals surface area contributed by atoms with Crippen LogP contribution >= 0.6 is 0 Å². The van der Waals surface area contributed by atoms with Crippen molar-refractivity contribution in [1.29, 1.82) is 0 Å². The van der Waals surface area contributed by atoms with Crippen molar-refractivity contribution in [2.45, 2.75) is 37.7 Å². The lowest BCUT2D eigenvalue weighted by Crippen LogP contribution is -2.40. The van der Waals surface area contributed by atoms with E-state index in [1.807, 2.05) is 20.9 Å². The van der Waals surface area contributed by atoms with Crippen LogP contribution in [0.3, 0.4) is 0 Å². The Morgan fingerprint density at radius 2 is 1.82 bits per heavy atom. The lowest BCUT2D eigenvalue weighted by Gasteiger charge is -2.31. The molecule has 1 aromatic carbocycles. The van der Waals surface area contributed by atoms with Gasteiger partial charge in [0.2, 0.25) is 10.0 Å². The highest BCUT2D eigenvalue weighted by Gasteiger charge is 2.29. The predicted molar refractivity (Wildman–Crippen MR) is 87.6 cm³/mol. The fourth-order valence-corrected chi connectivity index (χ4v) is 4.22. The molecule has 2 rings (SSSR count). The molecule has 0 saturated carbocycles. The number of nitrogens with one attached hydrogen (secondary N) is 1. The molecule has 22 heavy (non-hydrogen) atoms. The van der Waals surface area contributed by atoms with Crippen LogP contribution in [0.4, 0.5) is 0 Å². The minimum atomic E-state index is -3.39. The first-order chi connectivity index (χ1) is 10.4. The van der Waals surface area contributed by atoms with Crippen LogP contribution in [0, 0.1) is 5.92 Å². The van der Waals surface area contributed by atoms with Gasteiger partial charge < -0.3 is 10.1 Å². The zero-order valence-electron chi connectivity index (χ0n) is 13.6. The molecule has 1 N–H and O–H groups in total. The number of benzene rings is 1. The number of nitrogens with zero attached hydrogens (tertiary/aromatic N) is 1. The predicted octanol–water partition coefficient (Wildman–Crippen LogP) is 2.09. The third kappa shape index (κ3) is 4.21. The zero-order valence-corrected chi connectivity index (χ0v) is 14.4. The zero-order chi connectivity index (χ0) is 16.2. The van der Waals surface area contributed by atoms with Gasteiger partial charge in [0, 0.05) is 13.1 Å². The van der Waals surface area contributed by atoms with E-state index in [1.54, 1.807) is 28.6 Å². The fraction of sp³-hybridized carbons (Fsp3) is 0.625. The summed E-state index contributed by atoms with van der Waals surface area (Å²) in [7, 11) is -1.45. The minimum Gasteiger partial charge on any atom is -0.491 e. The summed E-state index contributed by atoms with van der Waals surface area (Å²) in [6, 6.07) is 6.71. The first-order valence-corrected chi connectivity index (χ1v) is 9.29. The SMILES string of the molecule is CNCC1CCN(S(=O)(=O)c2ccc(OC(C)C)cc2)CC1. The van der Waals surface area contributed by atoms with E-state index in [2.05, 4.69) is 5.32 Å². The van der Waals surface area contributed by atoms with Crippen LogP contribution in [0.5, 0.6) is 5.75 Å². The number of hydrogen-bond acceptors (Lipinski definition) is 4. The van der Waals surface area contributed by atoms with E-state index >= 15 is 0 Å². The summed E-state index contributed by atoms with van der Waals surface area (Å²) in [6.07, 6.45) is 1.90. The summed E-state index contributed by atoms with van der Waals surface area (Å²) in [5.41, 5.74) is 0. The molecular formula is C16H26N2O3S. The molecule has 0 radical (unpaired) electrons. The second kappa shape index (κ2) is 7.44. The molecule has 0 atom stereocenters. The van der Waals surface area contributed by atoms with Gasteiger partial charge in [0.15, 0.2) is 0 Å². The Kier molecular flexibility index (Phi) is 5.83. The summed E-state index contributed by atoms with van der Waals surface area (Å²) in [6.45, 7) is 6.03. The Morgan fingerprint density at radius 1 is 1.23 bits per heavy atom. The molecule has 1 aliphatic heterocycles. The van der Waals surface area contributed by atoms with Gasteiger partial charge in [-0.15, -0.1) is 0 Å². The Balaban J connectivity index is 2.04. The summed E-state index contributed by atoms with van der Waals surface area (Å²) in [5, 5.41) is 3.16. The van der Waals surface area contributed by atoms with Gasteiger partial charge in [0.05, 0.1) is 11.0 Å². The molecule has 0 bridgehead atoms. The van der Waals surface area contributed by atoms with Gasteiger partial charge in [-0.25, -0.2) is 8.42 Å². The van der Waals surface area contributed by atoms with Gasteiger partial charge in [0.25, 0.3) is 0 Å². The van der Waals surface area contributed by atoms with E-state index in [0.717, 1.165) is 19.4 Å². The largest absolute Gasteiger partial charge is 0.491 e. The molecule has 0 aliphatic carbocycles. The Morgan fingerprint density at radius 3 is 2.32 bits per heavy atom. The van der Waals surface area contributed by atoms with Gasteiger partial charge in [-0.2, -0.15) is 4.31 Å². The second-order valence-corrected chi connectivity index (χ2v) is 7.98. The molecule has 5 nitrogen and oxygen atoms in total. The highest BCUT2D eigenvalue weighted by Crippen LogP contribution is 2.25. The minimum absolute atomic E-state index is 0.0775. The van der Waals surface area contributed by atoms with Crippen LogP contribution in [-0.2, 0) is 10.0 Å². The highest BCUT2D eigenvalue weighted by atomic mass is 32.2. The van der Waals surface area contributed by atoms with Crippen molar-refractivity contribution < 1.29 is 13.2 Å². The van der Waals surface area contributed by atoms with Gasteiger partial charge in [0.1, 0.15) is 5.75 Å². The fourth-order valence-electron chi connectivity index (χ4n) is 2.75. The quantitative estimate of drug-likeness (QED) is 0.870.